The van der Waals surface area contributed by atoms with Gasteiger partial charge in [0.2, 0.25) is 0 Å². The highest BCUT2D eigenvalue weighted by atomic mass is 16.7. The van der Waals surface area contributed by atoms with Crippen LogP contribution in [0.25, 0.3) is 0 Å². The van der Waals surface area contributed by atoms with Crippen molar-refractivity contribution in [3.8, 4) is 0 Å². The van der Waals surface area contributed by atoms with Gasteiger partial charge in [-0.2, -0.15) is 0 Å². The number of esters is 2. The molecule has 0 unspecified atom stereocenters. The van der Waals surface area contributed by atoms with Gasteiger partial charge in [0.05, 0.1) is 12.0 Å². The monoisotopic (exact) mass is 358 g/mol. The van der Waals surface area contributed by atoms with E-state index in [4.69, 9.17) is 14.2 Å². The van der Waals surface area contributed by atoms with Crippen LogP contribution in [0.3, 0.4) is 0 Å². The van der Waals surface area contributed by atoms with E-state index in [-0.39, 0.29) is 17.8 Å². The summed E-state index contributed by atoms with van der Waals surface area (Å²) in [6, 6.07) is 0. The summed E-state index contributed by atoms with van der Waals surface area (Å²) in [7, 11) is 0. The minimum Gasteiger partial charge on any atom is -0.459 e. The van der Waals surface area contributed by atoms with Gasteiger partial charge in [0.25, 0.3) is 0 Å². The minimum absolute atomic E-state index is 0.0598. The van der Waals surface area contributed by atoms with Gasteiger partial charge in [-0.1, -0.05) is 17.7 Å². The molecule has 6 nitrogen and oxygen atoms in total. The van der Waals surface area contributed by atoms with E-state index in [9.17, 15) is 14.4 Å². The Labute approximate surface area is 151 Å². The fourth-order valence-corrected chi connectivity index (χ4v) is 4.43. The molecule has 0 aromatic rings. The van der Waals surface area contributed by atoms with Crippen molar-refractivity contribution in [1.29, 1.82) is 0 Å². The zero-order chi connectivity index (χ0) is 19.0. The molecule has 0 spiro atoms. The van der Waals surface area contributed by atoms with Gasteiger partial charge < -0.3 is 14.2 Å². The second-order valence-corrected chi connectivity index (χ2v) is 7.86. The summed E-state index contributed by atoms with van der Waals surface area (Å²) in [5, 5.41) is 0. The lowest BCUT2D eigenvalue weighted by molar-refractivity contribution is -0.158. The van der Waals surface area contributed by atoms with Gasteiger partial charge >= 0.3 is 11.9 Å². The lowest BCUT2D eigenvalue weighted by atomic mass is 9.82. The Morgan fingerprint density at radius 3 is 2.62 bits per heavy atom. The third-order valence-corrected chi connectivity index (χ3v) is 6.19. The molecular weight excluding hydrogens is 336 g/mol. The Kier molecular flexibility index (Phi) is 3.57. The maximum atomic E-state index is 12.6. The predicted molar refractivity (Wildman–Crippen MR) is 90.9 cm³/mol. The SMILES string of the molecule is C=C1C(=O)O[C@@H]2[C@H]3C(C)=CC(=O)C3=C(C)C[C@@H](OC(=O)[C@@]3(C)O[C@H]3C)[C@@H]12. The third-order valence-electron chi connectivity index (χ3n) is 6.19. The summed E-state index contributed by atoms with van der Waals surface area (Å²) in [4.78, 5) is 37.2. The predicted octanol–water partition coefficient (Wildman–Crippen LogP) is 2.04. The molecule has 0 N–H and O–H groups in total. The van der Waals surface area contributed by atoms with Crippen molar-refractivity contribution in [1.82, 2.24) is 0 Å². The smallest absolute Gasteiger partial charge is 0.341 e. The largest absolute Gasteiger partial charge is 0.459 e. The van der Waals surface area contributed by atoms with E-state index >= 15 is 0 Å². The first-order valence-electron chi connectivity index (χ1n) is 8.86. The first-order valence-corrected chi connectivity index (χ1v) is 8.86. The molecule has 0 aromatic heterocycles. The Bertz CT molecular complexity index is 818. The van der Waals surface area contributed by atoms with E-state index in [0.717, 1.165) is 11.1 Å². The van der Waals surface area contributed by atoms with E-state index in [0.29, 0.717) is 17.6 Å². The second-order valence-electron chi connectivity index (χ2n) is 7.86. The first-order chi connectivity index (χ1) is 12.1. The van der Waals surface area contributed by atoms with Crippen molar-refractivity contribution in [2.24, 2.45) is 11.8 Å². The van der Waals surface area contributed by atoms with Gasteiger partial charge in [-0.05, 0) is 33.8 Å². The van der Waals surface area contributed by atoms with Crippen LogP contribution in [0.4, 0.5) is 0 Å². The van der Waals surface area contributed by atoms with E-state index in [2.05, 4.69) is 6.58 Å². The number of allylic oxidation sites excluding steroid dienone is 1. The fraction of sp³-hybridized carbons (Fsp3) is 0.550. The van der Waals surface area contributed by atoms with E-state index < -0.39 is 35.7 Å². The van der Waals surface area contributed by atoms with Gasteiger partial charge in [0.15, 0.2) is 11.4 Å². The van der Waals surface area contributed by atoms with E-state index in [1.807, 2.05) is 20.8 Å². The number of carbonyl (C=O) groups excluding carboxylic acids is 3. The first kappa shape index (κ1) is 17.2. The molecule has 2 heterocycles. The molecule has 138 valence electrons. The molecule has 2 aliphatic carbocycles. The molecule has 6 heteroatoms. The lowest BCUT2D eigenvalue weighted by Crippen LogP contribution is -2.38. The molecule has 2 saturated heterocycles. The maximum absolute atomic E-state index is 12.6. The van der Waals surface area contributed by atoms with E-state index in [1.165, 1.54) is 0 Å². The second kappa shape index (κ2) is 5.39. The molecule has 26 heavy (non-hydrogen) atoms. The summed E-state index contributed by atoms with van der Waals surface area (Å²) in [5.74, 6) is -1.78. The van der Waals surface area contributed by atoms with Crippen LogP contribution in [0.5, 0.6) is 0 Å². The summed E-state index contributed by atoms with van der Waals surface area (Å²) >= 11 is 0. The van der Waals surface area contributed by atoms with Crippen molar-refractivity contribution in [3.05, 3.63) is 34.9 Å². The average molecular weight is 358 g/mol. The molecular formula is C20H22O6. The molecule has 2 aliphatic heterocycles. The maximum Gasteiger partial charge on any atom is 0.341 e. The zero-order valence-electron chi connectivity index (χ0n) is 15.3. The van der Waals surface area contributed by atoms with Crippen LogP contribution < -0.4 is 0 Å². The van der Waals surface area contributed by atoms with Crippen LogP contribution in [-0.2, 0) is 28.6 Å². The van der Waals surface area contributed by atoms with Crippen molar-refractivity contribution in [2.45, 2.75) is 58.0 Å². The molecule has 0 bridgehead atoms. The van der Waals surface area contributed by atoms with Crippen molar-refractivity contribution >= 4 is 17.7 Å². The summed E-state index contributed by atoms with van der Waals surface area (Å²) in [6.45, 7) is 11.1. The van der Waals surface area contributed by atoms with Crippen LogP contribution in [0.1, 0.15) is 34.1 Å². The molecule has 0 radical (unpaired) electrons. The summed E-state index contributed by atoms with van der Waals surface area (Å²) in [5.41, 5.74) is 1.72. The van der Waals surface area contributed by atoms with Gasteiger partial charge in [-0.3, -0.25) is 4.79 Å². The number of epoxide rings is 1. The summed E-state index contributed by atoms with van der Waals surface area (Å²) in [6.07, 6.45) is 0.576. The number of hydrogen-bond donors (Lipinski definition) is 0. The van der Waals surface area contributed by atoms with Crippen molar-refractivity contribution in [3.63, 3.8) is 0 Å². The van der Waals surface area contributed by atoms with Gasteiger partial charge in [-0.25, -0.2) is 9.59 Å². The number of rotatable bonds is 2. The Morgan fingerprint density at radius 1 is 1.35 bits per heavy atom. The minimum atomic E-state index is -0.949. The van der Waals surface area contributed by atoms with Crippen LogP contribution in [-0.4, -0.2) is 41.6 Å². The Hall–Kier alpha value is -2.21. The number of carbonyl (C=O) groups is 3. The number of hydrogen-bond acceptors (Lipinski definition) is 6. The van der Waals surface area contributed by atoms with Crippen molar-refractivity contribution < 1.29 is 28.6 Å². The van der Waals surface area contributed by atoms with Crippen molar-refractivity contribution in [2.75, 3.05) is 0 Å². The van der Waals surface area contributed by atoms with Gasteiger partial charge in [0.1, 0.15) is 12.2 Å². The highest BCUT2D eigenvalue weighted by Crippen LogP contribution is 2.49. The van der Waals surface area contributed by atoms with Crippen LogP contribution in [0.15, 0.2) is 34.9 Å². The zero-order valence-corrected chi connectivity index (χ0v) is 15.3. The summed E-state index contributed by atoms with van der Waals surface area (Å²) < 4.78 is 16.7. The lowest BCUT2D eigenvalue weighted by Gasteiger charge is -2.28. The Balaban J connectivity index is 1.72. The molecule has 2 fully saturated rings. The quantitative estimate of drug-likeness (QED) is 0.427. The third kappa shape index (κ3) is 2.24. The van der Waals surface area contributed by atoms with Crippen LogP contribution in [0, 0.1) is 11.8 Å². The standard InChI is InChI=1S/C20H22O6/c1-8-6-12(21)14-9(2)7-13(24-19(23)20(5)11(4)26-20)16-10(3)18(22)25-17(16)15(8)14/h6,11,13,15-17H,3,7H2,1-2,4-5H3/t11-,13+,15-,16+,17+,20-/m0/s1. The molecule has 0 amide bonds. The fourth-order valence-electron chi connectivity index (χ4n) is 4.43. The normalized spacial score (nSPS) is 41.3. The Morgan fingerprint density at radius 2 is 2.00 bits per heavy atom. The van der Waals surface area contributed by atoms with Gasteiger partial charge in [0, 0.05) is 23.5 Å². The van der Waals surface area contributed by atoms with E-state index in [1.54, 1.807) is 13.0 Å². The highest BCUT2D eigenvalue weighted by Gasteiger charge is 2.59. The average Bonchev–Trinajstić information content (AvgIpc) is 2.95. The molecule has 4 rings (SSSR count). The molecule has 0 saturated carbocycles. The number of ether oxygens (including phenoxy) is 3. The van der Waals surface area contributed by atoms with Crippen LogP contribution in [0.2, 0.25) is 0 Å². The van der Waals surface area contributed by atoms with Crippen LogP contribution >= 0.6 is 0 Å². The van der Waals surface area contributed by atoms with Gasteiger partial charge in [-0.15, -0.1) is 0 Å². The number of fused-ring (bicyclic) bond motifs is 3. The highest BCUT2D eigenvalue weighted by molar-refractivity contribution is 6.09. The number of ketones is 1. The molecule has 0 aromatic carbocycles. The molecule has 6 atom stereocenters. The molecule has 4 aliphatic rings. The topological polar surface area (TPSA) is 82.2 Å².